The fraction of sp³-hybridized carbons (Fsp3) is 0.929. The molecule has 0 aliphatic rings. The van der Waals surface area contributed by atoms with Gasteiger partial charge in [0.2, 0.25) is 0 Å². The molecule has 1 N–H and O–H groups in total. The number of hydrogen-bond donors (Lipinski definition) is 1. The number of aliphatic hydroxyl groups is 1. The second-order valence-corrected chi connectivity index (χ2v) is 5.84. The first-order chi connectivity index (χ1) is 7.34. The summed E-state index contributed by atoms with van der Waals surface area (Å²) in [7, 11) is 0. The number of aliphatic hydroxyl groups excluding tert-OH is 1. The van der Waals surface area contributed by atoms with E-state index in [4.69, 9.17) is 5.11 Å². The maximum absolute atomic E-state index is 12.1. The smallest absolute Gasteiger partial charge is 0.138 e. The third-order valence-corrected chi connectivity index (χ3v) is 3.44. The summed E-state index contributed by atoms with van der Waals surface area (Å²) in [6.45, 7) is 10.7. The predicted molar refractivity (Wildman–Crippen MR) is 68.3 cm³/mol. The third-order valence-electron chi connectivity index (χ3n) is 3.44. The lowest BCUT2D eigenvalue weighted by Gasteiger charge is -2.28. The Morgan fingerprint density at radius 2 is 1.88 bits per heavy atom. The van der Waals surface area contributed by atoms with Crippen LogP contribution >= 0.6 is 0 Å². The van der Waals surface area contributed by atoms with Crippen molar-refractivity contribution in [3.63, 3.8) is 0 Å². The van der Waals surface area contributed by atoms with E-state index in [0.29, 0.717) is 5.78 Å². The average molecular weight is 228 g/mol. The largest absolute Gasteiger partial charge is 0.396 e. The van der Waals surface area contributed by atoms with Crippen molar-refractivity contribution in [1.82, 2.24) is 0 Å². The van der Waals surface area contributed by atoms with Crippen LogP contribution in [0.1, 0.15) is 60.3 Å². The Labute approximate surface area is 100 Å². The molecule has 0 aromatic carbocycles. The fourth-order valence-electron chi connectivity index (χ4n) is 1.97. The molecule has 0 fully saturated rings. The molecule has 96 valence electrons. The van der Waals surface area contributed by atoms with Gasteiger partial charge in [-0.3, -0.25) is 4.79 Å². The van der Waals surface area contributed by atoms with Gasteiger partial charge in [-0.2, -0.15) is 0 Å². The van der Waals surface area contributed by atoms with Gasteiger partial charge in [0, 0.05) is 18.4 Å². The lowest BCUT2D eigenvalue weighted by atomic mass is 9.76. The second kappa shape index (κ2) is 7.05. The second-order valence-electron chi connectivity index (χ2n) is 5.84. The summed E-state index contributed by atoms with van der Waals surface area (Å²) < 4.78 is 0. The van der Waals surface area contributed by atoms with Crippen LogP contribution in [0.2, 0.25) is 0 Å². The van der Waals surface area contributed by atoms with Crippen LogP contribution in [0.3, 0.4) is 0 Å². The van der Waals surface area contributed by atoms with Crippen molar-refractivity contribution in [2.75, 3.05) is 6.61 Å². The molecule has 1 unspecified atom stereocenters. The number of hydrogen-bond acceptors (Lipinski definition) is 2. The van der Waals surface area contributed by atoms with Gasteiger partial charge < -0.3 is 5.11 Å². The first-order valence-corrected chi connectivity index (χ1v) is 6.48. The van der Waals surface area contributed by atoms with Gasteiger partial charge in [0.15, 0.2) is 0 Å². The summed E-state index contributed by atoms with van der Waals surface area (Å²) in [5.41, 5.74) is 0.227. The summed E-state index contributed by atoms with van der Waals surface area (Å²) >= 11 is 0. The summed E-state index contributed by atoms with van der Waals surface area (Å²) in [4.78, 5) is 12.1. The normalized spacial score (nSPS) is 14.2. The molecule has 0 bridgehead atoms. The Kier molecular flexibility index (Phi) is 6.89. The molecule has 0 aromatic heterocycles. The van der Waals surface area contributed by atoms with Crippen LogP contribution in [0.25, 0.3) is 0 Å². The van der Waals surface area contributed by atoms with E-state index in [2.05, 4.69) is 20.8 Å². The van der Waals surface area contributed by atoms with Crippen LogP contribution in [0.15, 0.2) is 0 Å². The number of carbonyl (C=O) groups excluding carboxylic acids is 1. The van der Waals surface area contributed by atoms with E-state index < -0.39 is 0 Å². The van der Waals surface area contributed by atoms with Crippen LogP contribution in [0.4, 0.5) is 0 Å². The van der Waals surface area contributed by atoms with Crippen molar-refractivity contribution in [3.05, 3.63) is 0 Å². The highest BCUT2D eigenvalue weighted by atomic mass is 16.2. The SMILES string of the molecule is CCC(C)(C)CC(CCCO)C(=O)C(C)C. The lowest BCUT2D eigenvalue weighted by molar-refractivity contribution is -0.127. The highest BCUT2D eigenvalue weighted by Crippen LogP contribution is 2.32. The van der Waals surface area contributed by atoms with Crippen LogP contribution in [0, 0.1) is 17.3 Å². The molecule has 0 spiro atoms. The molecule has 0 heterocycles. The lowest BCUT2D eigenvalue weighted by Crippen LogP contribution is -2.26. The van der Waals surface area contributed by atoms with Crippen molar-refractivity contribution in [1.29, 1.82) is 0 Å². The molecule has 0 saturated carbocycles. The Morgan fingerprint density at radius 1 is 1.31 bits per heavy atom. The number of ketones is 1. The zero-order valence-corrected chi connectivity index (χ0v) is 11.5. The standard InChI is InChI=1S/C14H28O2/c1-6-14(4,5)10-12(8-7-9-15)13(16)11(2)3/h11-12,15H,6-10H2,1-5H3. The van der Waals surface area contributed by atoms with Gasteiger partial charge in [-0.1, -0.05) is 41.0 Å². The van der Waals surface area contributed by atoms with Crippen molar-refractivity contribution in [3.8, 4) is 0 Å². The van der Waals surface area contributed by atoms with Crippen LogP contribution < -0.4 is 0 Å². The highest BCUT2D eigenvalue weighted by Gasteiger charge is 2.27. The first-order valence-electron chi connectivity index (χ1n) is 6.48. The van der Waals surface area contributed by atoms with Crippen molar-refractivity contribution in [2.45, 2.75) is 60.3 Å². The number of rotatable bonds is 8. The quantitative estimate of drug-likeness (QED) is 0.691. The number of Topliss-reactive ketones (excluding diaryl/α,β-unsaturated/α-hetero) is 1. The van der Waals surface area contributed by atoms with Crippen molar-refractivity contribution >= 4 is 5.78 Å². The average Bonchev–Trinajstić information content (AvgIpc) is 2.23. The van der Waals surface area contributed by atoms with E-state index in [0.717, 1.165) is 25.7 Å². The maximum Gasteiger partial charge on any atom is 0.138 e. The Balaban J connectivity index is 4.48. The van der Waals surface area contributed by atoms with Crippen LogP contribution in [-0.4, -0.2) is 17.5 Å². The first kappa shape index (κ1) is 15.6. The van der Waals surface area contributed by atoms with E-state index in [1.165, 1.54) is 0 Å². The van der Waals surface area contributed by atoms with E-state index >= 15 is 0 Å². The van der Waals surface area contributed by atoms with Crippen molar-refractivity contribution < 1.29 is 9.90 Å². The molecule has 0 rings (SSSR count). The number of carbonyl (C=O) groups is 1. The minimum Gasteiger partial charge on any atom is -0.396 e. The molecule has 0 amide bonds. The zero-order valence-electron chi connectivity index (χ0n) is 11.5. The van der Waals surface area contributed by atoms with Crippen LogP contribution in [-0.2, 0) is 4.79 Å². The topological polar surface area (TPSA) is 37.3 Å². The molecule has 0 saturated heterocycles. The molecule has 2 heteroatoms. The van der Waals surface area contributed by atoms with E-state index in [9.17, 15) is 4.79 Å². The maximum atomic E-state index is 12.1. The Hall–Kier alpha value is -0.370. The molecule has 0 aromatic rings. The molecular weight excluding hydrogens is 200 g/mol. The van der Waals surface area contributed by atoms with E-state index in [1.807, 2.05) is 13.8 Å². The fourth-order valence-corrected chi connectivity index (χ4v) is 1.97. The molecule has 16 heavy (non-hydrogen) atoms. The third kappa shape index (κ3) is 5.64. The highest BCUT2D eigenvalue weighted by molar-refractivity contribution is 5.82. The predicted octanol–water partition coefficient (Wildman–Crippen LogP) is 3.43. The summed E-state index contributed by atoms with van der Waals surface area (Å²) in [6, 6.07) is 0. The van der Waals surface area contributed by atoms with Gasteiger partial charge >= 0.3 is 0 Å². The minimum atomic E-state index is 0.108. The van der Waals surface area contributed by atoms with Crippen molar-refractivity contribution in [2.24, 2.45) is 17.3 Å². The molecule has 1 atom stereocenters. The monoisotopic (exact) mass is 228 g/mol. The minimum absolute atomic E-state index is 0.108. The Morgan fingerprint density at radius 3 is 2.25 bits per heavy atom. The van der Waals surface area contributed by atoms with Gasteiger partial charge in [0.25, 0.3) is 0 Å². The van der Waals surface area contributed by atoms with Crippen LogP contribution in [0.5, 0.6) is 0 Å². The van der Waals surface area contributed by atoms with E-state index in [-0.39, 0.29) is 23.9 Å². The summed E-state index contributed by atoms with van der Waals surface area (Å²) in [5, 5.41) is 8.88. The van der Waals surface area contributed by atoms with Gasteiger partial charge in [0.1, 0.15) is 5.78 Å². The zero-order chi connectivity index (χ0) is 12.8. The van der Waals surface area contributed by atoms with Gasteiger partial charge in [-0.05, 0) is 24.7 Å². The van der Waals surface area contributed by atoms with Gasteiger partial charge in [-0.25, -0.2) is 0 Å². The van der Waals surface area contributed by atoms with E-state index in [1.54, 1.807) is 0 Å². The van der Waals surface area contributed by atoms with Gasteiger partial charge in [0.05, 0.1) is 0 Å². The Bertz CT molecular complexity index is 207. The molecular formula is C14H28O2. The molecule has 0 aliphatic heterocycles. The molecule has 0 aliphatic carbocycles. The summed E-state index contributed by atoms with van der Waals surface area (Å²) in [5.74, 6) is 0.591. The summed E-state index contributed by atoms with van der Waals surface area (Å²) in [6.07, 6.45) is 3.61. The molecule has 0 radical (unpaired) electrons. The van der Waals surface area contributed by atoms with Gasteiger partial charge in [-0.15, -0.1) is 0 Å². The molecule has 2 nitrogen and oxygen atoms in total.